The first-order chi connectivity index (χ1) is 7.26. The van der Waals surface area contributed by atoms with Gasteiger partial charge in [-0.3, -0.25) is 0 Å². The Labute approximate surface area is 89.1 Å². The molecule has 0 aromatic carbocycles. The van der Waals surface area contributed by atoms with E-state index in [9.17, 15) is 4.79 Å². The quantitative estimate of drug-likeness (QED) is 0.758. The van der Waals surface area contributed by atoms with Gasteiger partial charge in [-0.05, 0) is 32.7 Å². The molecule has 0 amide bonds. The first-order valence-electron chi connectivity index (χ1n) is 5.55. The van der Waals surface area contributed by atoms with Crippen molar-refractivity contribution in [2.45, 2.75) is 38.6 Å². The molecule has 1 unspecified atom stereocenters. The third-order valence-electron chi connectivity index (χ3n) is 3.08. The maximum Gasteiger partial charge on any atom is 0.345 e. The summed E-state index contributed by atoms with van der Waals surface area (Å²) in [5, 5.41) is 3.29. The fraction of sp³-hybridized carbons (Fsp3) is 0.636. The van der Waals surface area contributed by atoms with E-state index in [4.69, 9.17) is 0 Å². The van der Waals surface area contributed by atoms with Gasteiger partial charge in [-0.1, -0.05) is 6.92 Å². The molecule has 0 aliphatic heterocycles. The molecular weight excluding hydrogens is 190 g/mol. The lowest BCUT2D eigenvalue weighted by Crippen LogP contribution is -2.28. The first kappa shape index (κ1) is 10.4. The van der Waals surface area contributed by atoms with Crippen molar-refractivity contribution in [3.63, 3.8) is 0 Å². The van der Waals surface area contributed by atoms with Crippen LogP contribution in [0.1, 0.15) is 42.8 Å². The highest BCUT2D eigenvalue weighted by Crippen LogP contribution is 2.29. The van der Waals surface area contributed by atoms with E-state index in [-0.39, 0.29) is 5.69 Å². The second-order valence-electron chi connectivity index (χ2n) is 3.97. The van der Waals surface area contributed by atoms with Gasteiger partial charge in [0.25, 0.3) is 0 Å². The van der Waals surface area contributed by atoms with Crippen LogP contribution in [0.3, 0.4) is 0 Å². The number of aryl methyl sites for hydroxylation is 2. The van der Waals surface area contributed by atoms with Gasteiger partial charge in [0.05, 0.1) is 5.69 Å². The molecule has 82 valence electrons. The van der Waals surface area contributed by atoms with Crippen molar-refractivity contribution in [1.82, 2.24) is 15.3 Å². The van der Waals surface area contributed by atoms with Gasteiger partial charge in [-0.15, -0.1) is 0 Å². The zero-order valence-corrected chi connectivity index (χ0v) is 9.26. The Kier molecular flexibility index (Phi) is 2.86. The monoisotopic (exact) mass is 207 g/mol. The fourth-order valence-corrected chi connectivity index (χ4v) is 2.38. The number of fused-ring (bicyclic) bond motifs is 1. The SMILES string of the molecule is CCc1nc(=O)[nH]c2c1C(NC)CCC2. The van der Waals surface area contributed by atoms with Crippen LogP contribution in [0.2, 0.25) is 0 Å². The summed E-state index contributed by atoms with van der Waals surface area (Å²) in [7, 11) is 1.96. The van der Waals surface area contributed by atoms with E-state index >= 15 is 0 Å². The lowest BCUT2D eigenvalue weighted by atomic mass is 9.89. The van der Waals surface area contributed by atoms with Crippen molar-refractivity contribution < 1.29 is 0 Å². The summed E-state index contributed by atoms with van der Waals surface area (Å²) in [5.74, 6) is 0. The van der Waals surface area contributed by atoms with E-state index in [0.29, 0.717) is 6.04 Å². The molecule has 1 aromatic heterocycles. The number of hydrogen-bond donors (Lipinski definition) is 2. The van der Waals surface area contributed by atoms with Crippen LogP contribution in [0.15, 0.2) is 4.79 Å². The number of hydrogen-bond acceptors (Lipinski definition) is 3. The van der Waals surface area contributed by atoms with E-state index in [0.717, 1.165) is 37.1 Å². The van der Waals surface area contributed by atoms with Crippen LogP contribution >= 0.6 is 0 Å². The summed E-state index contributed by atoms with van der Waals surface area (Å²) in [4.78, 5) is 18.2. The van der Waals surface area contributed by atoms with Gasteiger partial charge in [-0.25, -0.2) is 4.79 Å². The van der Waals surface area contributed by atoms with E-state index in [1.54, 1.807) is 0 Å². The minimum absolute atomic E-state index is 0.206. The second-order valence-corrected chi connectivity index (χ2v) is 3.97. The summed E-state index contributed by atoms with van der Waals surface area (Å²) in [6.45, 7) is 2.05. The summed E-state index contributed by atoms with van der Waals surface area (Å²) >= 11 is 0. The van der Waals surface area contributed by atoms with Gasteiger partial charge in [0, 0.05) is 17.3 Å². The van der Waals surface area contributed by atoms with Crippen LogP contribution in [0.4, 0.5) is 0 Å². The van der Waals surface area contributed by atoms with E-state index in [1.807, 2.05) is 14.0 Å². The summed E-state index contributed by atoms with van der Waals surface area (Å²) in [6.07, 6.45) is 4.05. The van der Waals surface area contributed by atoms with Crippen molar-refractivity contribution in [3.05, 3.63) is 27.4 Å². The van der Waals surface area contributed by atoms with Gasteiger partial charge >= 0.3 is 5.69 Å². The third kappa shape index (κ3) is 1.81. The Balaban J connectivity index is 2.57. The second kappa shape index (κ2) is 4.14. The van der Waals surface area contributed by atoms with Crippen LogP contribution in [-0.2, 0) is 12.8 Å². The molecule has 0 bridgehead atoms. The third-order valence-corrected chi connectivity index (χ3v) is 3.08. The molecule has 4 heteroatoms. The number of rotatable bonds is 2. The maximum atomic E-state index is 11.3. The minimum atomic E-state index is -0.206. The van der Waals surface area contributed by atoms with Crippen molar-refractivity contribution >= 4 is 0 Å². The minimum Gasteiger partial charge on any atom is -0.313 e. The van der Waals surface area contributed by atoms with Crippen molar-refractivity contribution in [2.24, 2.45) is 0 Å². The number of aromatic nitrogens is 2. The van der Waals surface area contributed by atoms with Gasteiger partial charge in [0.1, 0.15) is 0 Å². The smallest absolute Gasteiger partial charge is 0.313 e. The number of nitrogens with zero attached hydrogens (tertiary/aromatic N) is 1. The molecular formula is C11H17N3O. The van der Waals surface area contributed by atoms with Crippen LogP contribution in [-0.4, -0.2) is 17.0 Å². The Morgan fingerprint density at radius 3 is 3.07 bits per heavy atom. The molecule has 0 fully saturated rings. The topological polar surface area (TPSA) is 57.8 Å². The first-order valence-corrected chi connectivity index (χ1v) is 5.55. The molecule has 0 radical (unpaired) electrons. The highest BCUT2D eigenvalue weighted by atomic mass is 16.1. The molecule has 1 aromatic rings. The van der Waals surface area contributed by atoms with Gasteiger partial charge in [0.2, 0.25) is 0 Å². The normalized spacial score (nSPS) is 20.0. The molecule has 1 heterocycles. The zero-order chi connectivity index (χ0) is 10.8. The average molecular weight is 207 g/mol. The highest BCUT2D eigenvalue weighted by molar-refractivity contribution is 5.30. The molecule has 1 aliphatic rings. The van der Waals surface area contributed by atoms with Crippen molar-refractivity contribution in [1.29, 1.82) is 0 Å². The van der Waals surface area contributed by atoms with Crippen molar-refractivity contribution in [2.75, 3.05) is 7.05 Å². The fourth-order valence-electron chi connectivity index (χ4n) is 2.38. The van der Waals surface area contributed by atoms with Crippen LogP contribution in [0, 0.1) is 0 Å². The lowest BCUT2D eigenvalue weighted by molar-refractivity contribution is 0.480. The van der Waals surface area contributed by atoms with Gasteiger partial charge in [0.15, 0.2) is 0 Å². The largest absolute Gasteiger partial charge is 0.345 e. The molecule has 2 N–H and O–H groups in total. The number of nitrogens with one attached hydrogen (secondary N) is 2. The van der Waals surface area contributed by atoms with Gasteiger partial charge in [-0.2, -0.15) is 4.98 Å². The molecule has 4 nitrogen and oxygen atoms in total. The van der Waals surface area contributed by atoms with Crippen molar-refractivity contribution in [3.8, 4) is 0 Å². The standard InChI is InChI=1S/C11H17N3O/c1-3-7-10-8(12-2)5-4-6-9(10)14-11(15)13-7/h8,12H,3-6H2,1-2H3,(H,13,14,15). The molecule has 1 atom stereocenters. The van der Waals surface area contributed by atoms with Crippen LogP contribution in [0.5, 0.6) is 0 Å². The predicted molar refractivity (Wildman–Crippen MR) is 59.0 cm³/mol. The zero-order valence-electron chi connectivity index (χ0n) is 9.26. The Morgan fingerprint density at radius 2 is 2.40 bits per heavy atom. The molecule has 0 saturated carbocycles. The Bertz CT molecular complexity index is 391. The van der Waals surface area contributed by atoms with E-state index in [1.165, 1.54) is 5.56 Å². The number of aromatic amines is 1. The van der Waals surface area contributed by atoms with Gasteiger partial charge < -0.3 is 10.3 Å². The van der Waals surface area contributed by atoms with Crippen LogP contribution < -0.4 is 11.0 Å². The van der Waals surface area contributed by atoms with Crippen LogP contribution in [0.25, 0.3) is 0 Å². The van der Waals surface area contributed by atoms with E-state index < -0.39 is 0 Å². The molecule has 15 heavy (non-hydrogen) atoms. The number of H-pyrrole nitrogens is 1. The molecule has 0 spiro atoms. The highest BCUT2D eigenvalue weighted by Gasteiger charge is 2.23. The summed E-state index contributed by atoms with van der Waals surface area (Å²) < 4.78 is 0. The molecule has 2 rings (SSSR count). The molecule has 1 aliphatic carbocycles. The molecule has 0 saturated heterocycles. The summed E-state index contributed by atoms with van der Waals surface area (Å²) in [6, 6.07) is 0.355. The van der Waals surface area contributed by atoms with E-state index in [2.05, 4.69) is 15.3 Å². The average Bonchev–Trinajstić information content (AvgIpc) is 2.26. The predicted octanol–water partition coefficient (Wildman–Crippen LogP) is 0.929. The Morgan fingerprint density at radius 1 is 1.60 bits per heavy atom. The maximum absolute atomic E-state index is 11.3. The summed E-state index contributed by atoms with van der Waals surface area (Å²) in [5.41, 5.74) is 3.05. The Hall–Kier alpha value is -1.16. The lowest BCUT2D eigenvalue weighted by Gasteiger charge is -2.26.